The van der Waals surface area contributed by atoms with E-state index in [4.69, 9.17) is 0 Å². The molecule has 0 bridgehead atoms. The summed E-state index contributed by atoms with van der Waals surface area (Å²) in [6.07, 6.45) is 3.60. The summed E-state index contributed by atoms with van der Waals surface area (Å²) < 4.78 is 0. The predicted molar refractivity (Wildman–Crippen MR) is 44.4 cm³/mol. The van der Waals surface area contributed by atoms with Crippen molar-refractivity contribution in [3.8, 4) is 0 Å². The minimum absolute atomic E-state index is 0.0733. The van der Waals surface area contributed by atoms with Gasteiger partial charge in [-0.2, -0.15) is 0 Å². The van der Waals surface area contributed by atoms with E-state index in [0.29, 0.717) is 19.3 Å². The van der Waals surface area contributed by atoms with Gasteiger partial charge in [0.2, 0.25) is 6.54 Å². The van der Waals surface area contributed by atoms with Crippen LogP contribution < -0.4 is 0 Å². The van der Waals surface area contributed by atoms with Gasteiger partial charge in [-0.1, -0.05) is 6.08 Å². The SMILES string of the molecule is CC1(O)CC=C(C[N+](=O)[O-])CC1. The van der Waals surface area contributed by atoms with Crippen LogP contribution in [-0.4, -0.2) is 22.2 Å². The first-order chi connectivity index (χ1) is 5.49. The molecule has 1 N–H and O–H groups in total. The molecule has 0 aliphatic heterocycles. The average Bonchev–Trinajstić information content (AvgIpc) is 1.93. The lowest BCUT2D eigenvalue weighted by Crippen LogP contribution is -2.27. The van der Waals surface area contributed by atoms with Gasteiger partial charge in [-0.3, -0.25) is 10.1 Å². The van der Waals surface area contributed by atoms with Gasteiger partial charge in [0, 0.05) is 4.92 Å². The highest BCUT2D eigenvalue weighted by molar-refractivity contribution is 5.09. The third kappa shape index (κ3) is 2.62. The Morgan fingerprint density at radius 2 is 2.50 bits per heavy atom. The Morgan fingerprint density at radius 3 is 2.92 bits per heavy atom. The van der Waals surface area contributed by atoms with Crippen molar-refractivity contribution in [1.82, 2.24) is 0 Å². The van der Waals surface area contributed by atoms with E-state index in [2.05, 4.69) is 0 Å². The largest absolute Gasteiger partial charge is 0.390 e. The van der Waals surface area contributed by atoms with Crippen LogP contribution in [0.2, 0.25) is 0 Å². The van der Waals surface area contributed by atoms with Gasteiger partial charge in [0.1, 0.15) is 0 Å². The molecule has 0 aromatic rings. The van der Waals surface area contributed by atoms with Crippen LogP contribution in [0.25, 0.3) is 0 Å². The lowest BCUT2D eigenvalue weighted by molar-refractivity contribution is -0.471. The van der Waals surface area contributed by atoms with Crippen LogP contribution in [0.5, 0.6) is 0 Å². The van der Waals surface area contributed by atoms with Crippen LogP contribution in [0.1, 0.15) is 26.2 Å². The van der Waals surface area contributed by atoms with E-state index in [1.807, 2.05) is 0 Å². The van der Waals surface area contributed by atoms with E-state index in [1.165, 1.54) is 0 Å². The summed E-state index contributed by atoms with van der Waals surface area (Å²) in [5.41, 5.74) is 0.187. The molecule has 0 aromatic heterocycles. The van der Waals surface area contributed by atoms with E-state index in [0.717, 1.165) is 5.57 Å². The van der Waals surface area contributed by atoms with Crippen LogP contribution >= 0.6 is 0 Å². The molecule has 0 spiro atoms. The predicted octanol–water partition coefficient (Wildman–Crippen LogP) is 1.12. The highest BCUT2D eigenvalue weighted by Crippen LogP contribution is 2.26. The maximum absolute atomic E-state index is 10.1. The van der Waals surface area contributed by atoms with Gasteiger partial charge in [0.25, 0.3) is 0 Å². The summed E-state index contributed by atoms with van der Waals surface area (Å²) in [5.74, 6) is 0. The van der Waals surface area contributed by atoms with Crippen molar-refractivity contribution in [2.45, 2.75) is 31.8 Å². The second-order valence-electron chi connectivity index (χ2n) is 3.55. The Balaban J connectivity index is 2.50. The van der Waals surface area contributed by atoms with Crippen LogP contribution in [0, 0.1) is 10.1 Å². The van der Waals surface area contributed by atoms with Gasteiger partial charge >= 0.3 is 0 Å². The van der Waals surface area contributed by atoms with Crippen molar-refractivity contribution in [2.24, 2.45) is 0 Å². The molecule has 68 valence electrons. The molecule has 1 rings (SSSR count). The Labute approximate surface area is 71.0 Å². The molecule has 0 heterocycles. The van der Waals surface area contributed by atoms with Gasteiger partial charge in [-0.15, -0.1) is 0 Å². The van der Waals surface area contributed by atoms with Crippen molar-refractivity contribution < 1.29 is 10.0 Å². The summed E-state index contributed by atoms with van der Waals surface area (Å²) in [6, 6.07) is 0. The molecule has 1 aliphatic carbocycles. The van der Waals surface area contributed by atoms with Crippen LogP contribution in [0.4, 0.5) is 0 Å². The van der Waals surface area contributed by atoms with E-state index < -0.39 is 5.60 Å². The molecule has 1 aliphatic rings. The number of nitrogens with zero attached hydrogens (tertiary/aromatic N) is 1. The Hall–Kier alpha value is -0.900. The van der Waals surface area contributed by atoms with Gasteiger partial charge in [0.05, 0.1) is 5.60 Å². The summed E-state index contributed by atoms with van der Waals surface area (Å²) in [7, 11) is 0. The first-order valence-electron chi connectivity index (χ1n) is 4.02. The molecule has 1 unspecified atom stereocenters. The lowest BCUT2D eigenvalue weighted by atomic mass is 9.87. The smallest absolute Gasteiger partial charge is 0.224 e. The first-order valence-corrected chi connectivity index (χ1v) is 4.02. The maximum atomic E-state index is 10.1. The van der Waals surface area contributed by atoms with E-state index in [9.17, 15) is 15.2 Å². The molecule has 0 saturated carbocycles. The fraction of sp³-hybridized carbons (Fsp3) is 0.750. The van der Waals surface area contributed by atoms with E-state index in [1.54, 1.807) is 13.0 Å². The molecule has 0 radical (unpaired) electrons. The van der Waals surface area contributed by atoms with Gasteiger partial charge in [-0.25, -0.2) is 0 Å². The first kappa shape index (κ1) is 9.19. The van der Waals surface area contributed by atoms with Crippen molar-refractivity contribution in [3.05, 3.63) is 21.8 Å². The average molecular weight is 171 g/mol. The number of aliphatic hydroxyl groups is 1. The number of hydrogen-bond donors (Lipinski definition) is 1. The quantitative estimate of drug-likeness (QED) is 0.384. The Kier molecular flexibility index (Phi) is 2.47. The minimum Gasteiger partial charge on any atom is -0.390 e. The van der Waals surface area contributed by atoms with Crippen molar-refractivity contribution >= 4 is 0 Å². The highest BCUT2D eigenvalue weighted by Gasteiger charge is 2.24. The molecule has 0 aromatic carbocycles. The Bertz CT molecular complexity index is 220. The van der Waals surface area contributed by atoms with Crippen molar-refractivity contribution in [3.63, 3.8) is 0 Å². The van der Waals surface area contributed by atoms with Crippen LogP contribution in [0.3, 0.4) is 0 Å². The molecule has 0 saturated heterocycles. The molecule has 4 nitrogen and oxygen atoms in total. The molecular weight excluding hydrogens is 158 g/mol. The standard InChI is InChI=1S/C8H13NO3/c1-8(10)4-2-7(3-5-8)6-9(11)12/h2,10H,3-6H2,1H3. The molecule has 4 heteroatoms. The second kappa shape index (κ2) is 3.23. The van der Waals surface area contributed by atoms with Gasteiger partial charge < -0.3 is 5.11 Å². The zero-order valence-corrected chi connectivity index (χ0v) is 7.12. The third-order valence-electron chi connectivity index (χ3n) is 2.15. The lowest BCUT2D eigenvalue weighted by Gasteiger charge is -2.25. The highest BCUT2D eigenvalue weighted by atomic mass is 16.6. The third-order valence-corrected chi connectivity index (χ3v) is 2.15. The minimum atomic E-state index is -0.653. The molecule has 12 heavy (non-hydrogen) atoms. The van der Waals surface area contributed by atoms with E-state index >= 15 is 0 Å². The molecular formula is C8H13NO3. The maximum Gasteiger partial charge on any atom is 0.224 e. The van der Waals surface area contributed by atoms with Gasteiger partial charge in [0.15, 0.2) is 0 Å². The normalized spacial score (nSPS) is 29.7. The monoisotopic (exact) mass is 171 g/mol. The van der Waals surface area contributed by atoms with Crippen LogP contribution in [-0.2, 0) is 0 Å². The molecule has 1 atom stereocenters. The topological polar surface area (TPSA) is 63.4 Å². The molecule has 0 fully saturated rings. The Morgan fingerprint density at radius 1 is 1.83 bits per heavy atom. The van der Waals surface area contributed by atoms with E-state index in [-0.39, 0.29) is 11.5 Å². The van der Waals surface area contributed by atoms with Gasteiger partial charge in [-0.05, 0) is 31.8 Å². The second-order valence-corrected chi connectivity index (χ2v) is 3.55. The fourth-order valence-corrected chi connectivity index (χ4v) is 1.31. The zero-order valence-electron chi connectivity index (χ0n) is 7.12. The summed E-state index contributed by atoms with van der Waals surface area (Å²) >= 11 is 0. The van der Waals surface area contributed by atoms with Crippen molar-refractivity contribution in [2.75, 3.05) is 6.54 Å². The fourth-order valence-electron chi connectivity index (χ4n) is 1.31. The summed E-state index contributed by atoms with van der Waals surface area (Å²) in [5, 5.41) is 19.6. The number of rotatable bonds is 2. The number of nitro groups is 1. The van der Waals surface area contributed by atoms with Crippen molar-refractivity contribution in [1.29, 1.82) is 0 Å². The van der Waals surface area contributed by atoms with Crippen LogP contribution in [0.15, 0.2) is 11.6 Å². The summed E-state index contributed by atoms with van der Waals surface area (Å²) in [4.78, 5) is 9.80. The zero-order chi connectivity index (χ0) is 9.19. The summed E-state index contributed by atoms with van der Waals surface area (Å²) in [6.45, 7) is 1.68. The number of hydrogen-bond acceptors (Lipinski definition) is 3. The molecule has 0 amide bonds.